The second kappa shape index (κ2) is 4.30. The first-order chi connectivity index (χ1) is 7.70. The molecule has 0 aliphatic carbocycles. The number of ether oxygens (including phenoxy) is 1. The summed E-state index contributed by atoms with van der Waals surface area (Å²) in [6.07, 6.45) is -0.891. The molecule has 2 N–H and O–H groups in total. The average Bonchev–Trinajstić information content (AvgIpc) is 2.49. The van der Waals surface area contributed by atoms with Crippen molar-refractivity contribution >= 4 is 11.8 Å². The van der Waals surface area contributed by atoms with E-state index in [1.807, 2.05) is 18.2 Å². The van der Waals surface area contributed by atoms with Crippen LogP contribution in [0.1, 0.15) is 5.56 Å². The number of carbonyl (C=O) groups is 1. The Bertz CT molecular complexity index is 406. The van der Waals surface area contributed by atoms with Crippen molar-refractivity contribution in [2.45, 2.75) is 6.54 Å². The van der Waals surface area contributed by atoms with Gasteiger partial charge in [0.15, 0.2) is 0 Å². The Morgan fingerprint density at radius 2 is 2.38 bits per heavy atom. The maximum absolute atomic E-state index is 10.9. The molecule has 0 fully saturated rings. The summed E-state index contributed by atoms with van der Waals surface area (Å²) < 4.78 is 5.12. The van der Waals surface area contributed by atoms with Crippen molar-refractivity contribution in [2.24, 2.45) is 0 Å². The molecule has 0 bridgehead atoms. The van der Waals surface area contributed by atoms with Crippen LogP contribution in [0.25, 0.3) is 0 Å². The van der Waals surface area contributed by atoms with Crippen molar-refractivity contribution in [1.29, 1.82) is 0 Å². The van der Waals surface area contributed by atoms with Gasteiger partial charge in [0.25, 0.3) is 0 Å². The molecule has 0 aromatic heterocycles. The minimum Gasteiger partial charge on any atom is -0.497 e. The van der Waals surface area contributed by atoms with Crippen molar-refractivity contribution in [3.05, 3.63) is 23.8 Å². The zero-order valence-corrected chi connectivity index (χ0v) is 9.06. The van der Waals surface area contributed by atoms with Crippen molar-refractivity contribution < 1.29 is 14.6 Å². The molecular formula is C11H14N2O3. The summed E-state index contributed by atoms with van der Waals surface area (Å²) in [6, 6.07) is 5.64. The normalized spacial score (nSPS) is 14.7. The fraction of sp³-hybridized carbons (Fsp3) is 0.364. The van der Waals surface area contributed by atoms with E-state index >= 15 is 0 Å². The van der Waals surface area contributed by atoms with Gasteiger partial charge in [-0.2, -0.15) is 0 Å². The van der Waals surface area contributed by atoms with Crippen LogP contribution in [0, 0.1) is 0 Å². The van der Waals surface area contributed by atoms with E-state index in [0.29, 0.717) is 19.6 Å². The standard InChI is InChI=1S/C11H14N2O3/c1-16-9-2-3-10-8(6-9)7-13(11(14)15)5-4-12-10/h2-3,6,12H,4-5,7H2,1H3,(H,14,15). The monoisotopic (exact) mass is 222 g/mol. The van der Waals surface area contributed by atoms with Gasteiger partial charge in [-0.3, -0.25) is 0 Å². The Balaban J connectivity index is 2.30. The first kappa shape index (κ1) is 10.6. The van der Waals surface area contributed by atoms with Gasteiger partial charge in [0, 0.05) is 18.8 Å². The lowest BCUT2D eigenvalue weighted by Gasteiger charge is -2.16. The predicted octanol–water partition coefficient (Wildman–Crippen LogP) is 1.60. The number of rotatable bonds is 1. The van der Waals surface area contributed by atoms with Gasteiger partial charge >= 0.3 is 6.09 Å². The Hall–Kier alpha value is -1.91. The van der Waals surface area contributed by atoms with Crippen molar-refractivity contribution in [3.63, 3.8) is 0 Å². The molecule has 5 heteroatoms. The van der Waals surface area contributed by atoms with Crippen LogP contribution in [0.15, 0.2) is 18.2 Å². The summed E-state index contributed by atoms with van der Waals surface area (Å²) >= 11 is 0. The third-order valence-electron chi connectivity index (χ3n) is 2.64. The Morgan fingerprint density at radius 3 is 3.06 bits per heavy atom. The van der Waals surface area contributed by atoms with Crippen LogP contribution >= 0.6 is 0 Å². The topological polar surface area (TPSA) is 61.8 Å². The summed E-state index contributed by atoms with van der Waals surface area (Å²) in [5, 5.41) is 12.2. The van der Waals surface area contributed by atoms with Gasteiger partial charge in [-0.15, -0.1) is 0 Å². The number of carboxylic acid groups (broad SMARTS) is 1. The van der Waals surface area contributed by atoms with Crippen LogP contribution in [0.3, 0.4) is 0 Å². The van der Waals surface area contributed by atoms with Crippen LogP contribution in [-0.4, -0.2) is 36.3 Å². The predicted molar refractivity (Wildman–Crippen MR) is 59.9 cm³/mol. The zero-order valence-electron chi connectivity index (χ0n) is 9.06. The first-order valence-corrected chi connectivity index (χ1v) is 5.09. The molecule has 0 saturated carbocycles. The molecule has 5 nitrogen and oxygen atoms in total. The molecule has 1 heterocycles. The number of fused-ring (bicyclic) bond motifs is 1. The summed E-state index contributed by atoms with van der Waals surface area (Å²) in [5.41, 5.74) is 1.92. The third-order valence-corrected chi connectivity index (χ3v) is 2.64. The third kappa shape index (κ3) is 2.03. The highest BCUT2D eigenvalue weighted by Gasteiger charge is 2.17. The molecule has 1 aromatic rings. The van der Waals surface area contributed by atoms with E-state index in [1.165, 1.54) is 4.90 Å². The number of methoxy groups -OCH3 is 1. The van der Waals surface area contributed by atoms with Gasteiger partial charge in [0.1, 0.15) is 5.75 Å². The molecule has 0 unspecified atom stereocenters. The number of anilines is 1. The molecule has 1 aliphatic heterocycles. The summed E-state index contributed by atoms with van der Waals surface area (Å²) in [6.45, 7) is 1.52. The lowest BCUT2D eigenvalue weighted by atomic mass is 10.1. The van der Waals surface area contributed by atoms with Crippen LogP contribution in [0.4, 0.5) is 10.5 Å². The summed E-state index contributed by atoms with van der Waals surface area (Å²) in [5.74, 6) is 0.743. The van der Waals surface area contributed by atoms with Gasteiger partial charge in [0.2, 0.25) is 0 Å². The molecule has 1 amide bonds. The molecule has 0 atom stereocenters. The van der Waals surface area contributed by atoms with Gasteiger partial charge in [-0.25, -0.2) is 4.79 Å². The molecule has 0 radical (unpaired) electrons. The van der Waals surface area contributed by atoms with Gasteiger partial charge in [0.05, 0.1) is 13.7 Å². The van der Waals surface area contributed by atoms with E-state index < -0.39 is 6.09 Å². The van der Waals surface area contributed by atoms with E-state index in [1.54, 1.807) is 7.11 Å². The van der Waals surface area contributed by atoms with Crippen LogP contribution in [-0.2, 0) is 6.54 Å². The van der Waals surface area contributed by atoms with E-state index in [-0.39, 0.29) is 0 Å². The van der Waals surface area contributed by atoms with Crippen molar-refractivity contribution in [2.75, 3.05) is 25.5 Å². The highest BCUT2D eigenvalue weighted by atomic mass is 16.5. The average molecular weight is 222 g/mol. The number of nitrogens with one attached hydrogen (secondary N) is 1. The van der Waals surface area contributed by atoms with Crippen molar-refractivity contribution in [1.82, 2.24) is 4.90 Å². The Kier molecular flexibility index (Phi) is 2.85. The van der Waals surface area contributed by atoms with Crippen molar-refractivity contribution in [3.8, 4) is 5.75 Å². The van der Waals surface area contributed by atoms with E-state index in [0.717, 1.165) is 17.0 Å². The maximum Gasteiger partial charge on any atom is 0.407 e. The quantitative estimate of drug-likeness (QED) is 0.757. The second-order valence-corrected chi connectivity index (χ2v) is 3.65. The molecule has 86 valence electrons. The largest absolute Gasteiger partial charge is 0.497 e. The molecule has 2 rings (SSSR count). The van der Waals surface area contributed by atoms with Crippen LogP contribution in [0.2, 0.25) is 0 Å². The fourth-order valence-corrected chi connectivity index (χ4v) is 1.77. The molecule has 1 aromatic carbocycles. The minimum absolute atomic E-state index is 0.398. The fourth-order valence-electron chi connectivity index (χ4n) is 1.77. The summed E-state index contributed by atoms with van der Waals surface area (Å²) in [7, 11) is 1.60. The Morgan fingerprint density at radius 1 is 1.56 bits per heavy atom. The first-order valence-electron chi connectivity index (χ1n) is 5.09. The zero-order chi connectivity index (χ0) is 11.5. The van der Waals surface area contributed by atoms with Crippen LogP contribution in [0.5, 0.6) is 5.75 Å². The van der Waals surface area contributed by atoms with Gasteiger partial charge in [-0.1, -0.05) is 0 Å². The van der Waals surface area contributed by atoms with E-state index in [2.05, 4.69) is 5.32 Å². The number of hydrogen-bond donors (Lipinski definition) is 2. The lowest BCUT2D eigenvalue weighted by Crippen LogP contribution is -2.31. The van der Waals surface area contributed by atoms with E-state index in [4.69, 9.17) is 9.84 Å². The number of benzene rings is 1. The van der Waals surface area contributed by atoms with Gasteiger partial charge < -0.3 is 20.1 Å². The maximum atomic E-state index is 10.9. The smallest absolute Gasteiger partial charge is 0.407 e. The Labute approximate surface area is 93.6 Å². The highest BCUT2D eigenvalue weighted by Crippen LogP contribution is 2.25. The summed E-state index contributed by atoms with van der Waals surface area (Å²) in [4.78, 5) is 12.3. The molecular weight excluding hydrogens is 208 g/mol. The number of hydrogen-bond acceptors (Lipinski definition) is 3. The SMILES string of the molecule is COc1ccc2c(c1)CN(C(=O)O)CCN2. The van der Waals surface area contributed by atoms with Gasteiger partial charge in [-0.05, 0) is 23.8 Å². The molecule has 1 aliphatic rings. The number of amides is 1. The lowest BCUT2D eigenvalue weighted by molar-refractivity contribution is 0.145. The molecule has 0 spiro atoms. The number of nitrogens with zero attached hydrogens (tertiary/aromatic N) is 1. The van der Waals surface area contributed by atoms with E-state index in [9.17, 15) is 4.79 Å². The minimum atomic E-state index is -0.891. The molecule has 0 saturated heterocycles. The second-order valence-electron chi connectivity index (χ2n) is 3.65. The van der Waals surface area contributed by atoms with Crippen LogP contribution < -0.4 is 10.1 Å². The molecule has 16 heavy (non-hydrogen) atoms. The highest BCUT2D eigenvalue weighted by molar-refractivity contribution is 5.66.